The lowest BCUT2D eigenvalue weighted by atomic mass is 10.4. The number of ether oxygens (including phenoxy) is 2. The van der Waals surface area contributed by atoms with Crippen LogP contribution < -0.4 is 0 Å². The second-order valence-electron chi connectivity index (χ2n) is 3.99. The molecule has 0 fully saturated rings. The number of methoxy groups -OCH3 is 2. The van der Waals surface area contributed by atoms with E-state index in [1.54, 1.807) is 14.2 Å². The summed E-state index contributed by atoms with van der Waals surface area (Å²) in [6.07, 6.45) is 0. The van der Waals surface area contributed by atoms with Gasteiger partial charge in [0.1, 0.15) is 0 Å². The Kier molecular flexibility index (Phi) is 8.94. The lowest BCUT2D eigenvalue weighted by Crippen LogP contribution is -2.32. The van der Waals surface area contributed by atoms with E-state index in [1.165, 1.54) is 4.90 Å². The van der Waals surface area contributed by atoms with Gasteiger partial charge in [-0.05, 0) is 12.1 Å². The van der Waals surface area contributed by atoms with Crippen molar-refractivity contribution in [2.45, 2.75) is 4.90 Å². The third kappa shape index (κ3) is 7.01. The SMILES string of the molecule is COCCN(CCOC)CCSc1ccccc1. The Bertz CT molecular complexity index is 287. The number of hydrogen-bond donors (Lipinski definition) is 0. The third-order valence-corrected chi connectivity index (χ3v) is 3.63. The fourth-order valence-electron chi connectivity index (χ4n) is 1.59. The van der Waals surface area contributed by atoms with Crippen molar-refractivity contribution in [2.75, 3.05) is 52.8 Å². The molecule has 102 valence electrons. The summed E-state index contributed by atoms with van der Waals surface area (Å²) in [6, 6.07) is 10.5. The molecule has 3 nitrogen and oxygen atoms in total. The van der Waals surface area contributed by atoms with Gasteiger partial charge in [-0.15, -0.1) is 11.8 Å². The van der Waals surface area contributed by atoms with Crippen molar-refractivity contribution >= 4 is 11.8 Å². The fourth-order valence-corrected chi connectivity index (χ4v) is 2.52. The normalized spacial score (nSPS) is 11.1. The molecule has 0 spiro atoms. The fraction of sp³-hybridized carbons (Fsp3) is 0.571. The van der Waals surface area contributed by atoms with E-state index in [4.69, 9.17) is 9.47 Å². The summed E-state index contributed by atoms with van der Waals surface area (Å²) in [7, 11) is 3.49. The maximum atomic E-state index is 5.13. The van der Waals surface area contributed by atoms with Crippen molar-refractivity contribution in [1.29, 1.82) is 0 Å². The summed E-state index contributed by atoms with van der Waals surface area (Å²) in [5.41, 5.74) is 0. The van der Waals surface area contributed by atoms with Crippen molar-refractivity contribution in [3.05, 3.63) is 30.3 Å². The van der Waals surface area contributed by atoms with Gasteiger partial charge < -0.3 is 9.47 Å². The minimum Gasteiger partial charge on any atom is -0.383 e. The number of thioether (sulfide) groups is 1. The molecule has 0 radical (unpaired) electrons. The van der Waals surface area contributed by atoms with Gasteiger partial charge in [-0.25, -0.2) is 0 Å². The lowest BCUT2D eigenvalue weighted by Gasteiger charge is -2.21. The predicted octanol–water partition coefficient (Wildman–Crippen LogP) is 2.37. The molecule has 18 heavy (non-hydrogen) atoms. The highest BCUT2D eigenvalue weighted by atomic mass is 32.2. The Morgan fingerprint density at radius 1 is 0.944 bits per heavy atom. The lowest BCUT2D eigenvalue weighted by molar-refractivity contribution is 0.118. The van der Waals surface area contributed by atoms with Gasteiger partial charge >= 0.3 is 0 Å². The molecule has 0 N–H and O–H groups in total. The molecule has 0 saturated carbocycles. The van der Waals surface area contributed by atoms with E-state index < -0.39 is 0 Å². The third-order valence-electron chi connectivity index (χ3n) is 2.64. The summed E-state index contributed by atoms with van der Waals surface area (Å²) in [4.78, 5) is 3.71. The van der Waals surface area contributed by atoms with E-state index in [9.17, 15) is 0 Å². The van der Waals surface area contributed by atoms with E-state index >= 15 is 0 Å². The van der Waals surface area contributed by atoms with Crippen molar-refractivity contribution in [1.82, 2.24) is 4.90 Å². The van der Waals surface area contributed by atoms with Crippen LogP contribution in [0.15, 0.2) is 35.2 Å². The molecule has 0 amide bonds. The highest BCUT2D eigenvalue weighted by Gasteiger charge is 2.04. The molecule has 0 bridgehead atoms. The van der Waals surface area contributed by atoms with Gasteiger partial charge in [0.25, 0.3) is 0 Å². The molecule has 0 saturated heterocycles. The first-order valence-electron chi connectivity index (χ1n) is 6.25. The smallest absolute Gasteiger partial charge is 0.0589 e. The number of nitrogens with zero attached hydrogens (tertiary/aromatic N) is 1. The second kappa shape index (κ2) is 10.4. The largest absolute Gasteiger partial charge is 0.383 e. The average molecular weight is 269 g/mol. The van der Waals surface area contributed by atoms with Crippen LogP contribution in [0.3, 0.4) is 0 Å². The molecule has 0 atom stereocenters. The van der Waals surface area contributed by atoms with Crippen LogP contribution in [0.25, 0.3) is 0 Å². The maximum absolute atomic E-state index is 5.13. The molecule has 0 aliphatic carbocycles. The molecule has 0 aromatic heterocycles. The topological polar surface area (TPSA) is 21.7 Å². The standard InChI is InChI=1S/C14H23NO2S/c1-16-11-8-15(9-12-17-2)10-13-18-14-6-4-3-5-7-14/h3-7H,8-13H2,1-2H3. The summed E-state index contributed by atoms with van der Waals surface area (Å²) in [5, 5.41) is 0. The monoisotopic (exact) mass is 269 g/mol. The van der Waals surface area contributed by atoms with Crippen LogP contribution in [-0.2, 0) is 9.47 Å². The number of benzene rings is 1. The zero-order chi connectivity index (χ0) is 13.1. The molecule has 1 aromatic rings. The van der Waals surface area contributed by atoms with Crippen molar-refractivity contribution in [3.8, 4) is 0 Å². The number of hydrogen-bond acceptors (Lipinski definition) is 4. The van der Waals surface area contributed by atoms with Gasteiger partial charge in [-0.3, -0.25) is 4.90 Å². The average Bonchev–Trinajstić information content (AvgIpc) is 2.42. The molecule has 1 aromatic carbocycles. The van der Waals surface area contributed by atoms with Crippen LogP contribution >= 0.6 is 11.8 Å². The molecule has 0 aliphatic heterocycles. The van der Waals surface area contributed by atoms with Crippen molar-refractivity contribution < 1.29 is 9.47 Å². The van der Waals surface area contributed by atoms with Crippen molar-refractivity contribution in [3.63, 3.8) is 0 Å². The first kappa shape index (κ1) is 15.5. The Morgan fingerprint density at radius 3 is 2.11 bits per heavy atom. The number of rotatable bonds is 10. The van der Waals surface area contributed by atoms with Crippen LogP contribution in [0.5, 0.6) is 0 Å². The Labute approximate surface area is 114 Å². The molecule has 0 aliphatic rings. The Morgan fingerprint density at radius 2 is 1.56 bits per heavy atom. The van der Waals surface area contributed by atoms with Gasteiger partial charge in [0.05, 0.1) is 13.2 Å². The Balaban J connectivity index is 2.23. The zero-order valence-corrected chi connectivity index (χ0v) is 12.1. The van der Waals surface area contributed by atoms with Gasteiger partial charge in [0.2, 0.25) is 0 Å². The summed E-state index contributed by atoms with van der Waals surface area (Å²) in [5.74, 6) is 1.09. The van der Waals surface area contributed by atoms with E-state index in [-0.39, 0.29) is 0 Å². The van der Waals surface area contributed by atoms with Crippen LogP contribution in [-0.4, -0.2) is 57.7 Å². The summed E-state index contributed by atoms with van der Waals surface area (Å²) >= 11 is 1.89. The van der Waals surface area contributed by atoms with Gasteiger partial charge in [0, 0.05) is 44.5 Å². The molecule has 0 heterocycles. The van der Waals surface area contributed by atoms with Gasteiger partial charge in [-0.2, -0.15) is 0 Å². The van der Waals surface area contributed by atoms with E-state index in [0.29, 0.717) is 0 Å². The second-order valence-corrected chi connectivity index (χ2v) is 5.16. The van der Waals surface area contributed by atoms with Crippen LogP contribution in [0.4, 0.5) is 0 Å². The summed E-state index contributed by atoms with van der Waals surface area (Å²) < 4.78 is 10.3. The Hall–Kier alpha value is -0.550. The first-order chi connectivity index (χ1) is 8.86. The highest BCUT2D eigenvalue weighted by molar-refractivity contribution is 7.99. The minimum absolute atomic E-state index is 0.777. The van der Waals surface area contributed by atoms with Crippen LogP contribution in [0.2, 0.25) is 0 Å². The quantitative estimate of drug-likeness (QED) is 0.608. The van der Waals surface area contributed by atoms with E-state index in [0.717, 1.165) is 38.6 Å². The first-order valence-corrected chi connectivity index (χ1v) is 7.23. The van der Waals surface area contributed by atoms with Crippen molar-refractivity contribution in [2.24, 2.45) is 0 Å². The molecule has 4 heteroatoms. The highest BCUT2D eigenvalue weighted by Crippen LogP contribution is 2.16. The maximum Gasteiger partial charge on any atom is 0.0589 e. The minimum atomic E-state index is 0.777. The predicted molar refractivity (Wildman–Crippen MR) is 77.4 cm³/mol. The molecule has 1 rings (SSSR count). The van der Waals surface area contributed by atoms with Crippen LogP contribution in [0, 0.1) is 0 Å². The zero-order valence-electron chi connectivity index (χ0n) is 11.3. The molecule has 0 unspecified atom stereocenters. The van der Waals surface area contributed by atoms with Gasteiger partial charge in [0.15, 0.2) is 0 Å². The summed E-state index contributed by atoms with van der Waals surface area (Å²) in [6.45, 7) is 4.55. The van der Waals surface area contributed by atoms with Crippen LogP contribution in [0.1, 0.15) is 0 Å². The van der Waals surface area contributed by atoms with Gasteiger partial charge in [-0.1, -0.05) is 18.2 Å². The van der Waals surface area contributed by atoms with E-state index in [2.05, 4.69) is 29.2 Å². The molecular formula is C14H23NO2S. The van der Waals surface area contributed by atoms with E-state index in [1.807, 2.05) is 17.8 Å². The molecular weight excluding hydrogens is 246 g/mol.